The van der Waals surface area contributed by atoms with Gasteiger partial charge in [-0.1, -0.05) is 65.3 Å². The lowest BCUT2D eigenvalue weighted by molar-refractivity contribution is 0.215. The summed E-state index contributed by atoms with van der Waals surface area (Å²) in [7, 11) is 1.64. The SMILES string of the molecule is COc1cc2c(Nc3ccc(OCc4cccc(Cl)c4)nc3)ncnc2cc1OCCCNC(C)(C)C[C](C(C)(C)C)C(C)(C)C. The molecule has 0 fully saturated rings. The van der Waals surface area contributed by atoms with Gasteiger partial charge in [0, 0.05) is 28.1 Å². The highest BCUT2D eigenvalue weighted by Crippen LogP contribution is 2.46. The Hall–Kier alpha value is -3.62. The zero-order chi connectivity index (χ0) is 33.5. The van der Waals surface area contributed by atoms with Gasteiger partial charge in [0.2, 0.25) is 5.88 Å². The summed E-state index contributed by atoms with van der Waals surface area (Å²) in [5.41, 5.74) is 2.77. The Morgan fingerprint density at radius 1 is 0.848 bits per heavy atom. The number of ether oxygens (including phenoxy) is 3. The molecule has 0 unspecified atom stereocenters. The van der Waals surface area contributed by atoms with Crippen LogP contribution in [0.5, 0.6) is 17.4 Å². The normalized spacial score (nSPS) is 12.4. The summed E-state index contributed by atoms with van der Waals surface area (Å²) < 4.78 is 17.7. The molecule has 2 heterocycles. The van der Waals surface area contributed by atoms with Crippen molar-refractivity contribution in [1.29, 1.82) is 0 Å². The molecular weight excluding hydrogens is 598 g/mol. The topological polar surface area (TPSA) is 90.4 Å². The maximum absolute atomic E-state index is 6.19. The minimum atomic E-state index is -0.0172. The molecule has 2 aromatic heterocycles. The molecule has 0 aliphatic rings. The highest BCUT2D eigenvalue weighted by molar-refractivity contribution is 6.30. The Balaban J connectivity index is 1.34. The first kappa shape index (κ1) is 35.2. The summed E-state index contributed by atoms with van der Waals surface area (Å²) in [6, 6.07) is 15.1. The van der Waals surface area contributed by atoms with Gasteiger partial charge in [-0.3, -0.25) is 0 Å². The summed E-state index contributed by atoms with van der Waals surface area (Å²) in [6.45, 7) is 20.2. The molecule has 0 bridgehead atoms. The van der Waals surface area contributed by atoms with E-state index in [-0.39, 0.29) is 16.4 Å². The molecule has 2 aromatic carbocycles. The number of nitrogens with zero attached hydrogens (tertiary/aromatic N) is 3. The van der Waals surface area contributed by atoms with Gasteiger partial charge < -0.3 is 24.8 Å². The second kappa shape index (κ2) is 14.9. The number of halogens is 1. The molecule has 0 saturated carbocycles. The molecule has 8 nitrogen and oxygen atoms in total. The van der Waals surface area contributed by atoms with Crippen LogP contribution in [0.4, 0.5) is 11.5 Å². The molecule has 247 valence electrons. The highest BCUT2D eigenvalue weighted by atomic mass is 35.5. The number of methoxy groups -OCH3 is 1. The zero-order valence-corrected chi connectivity index (χ0v) is 29.5. The predicted molar refractivity (Wildman–Crippen MR) is 188 cm³/mol. The van der Waals surface area contributed by atoms with Gasteiger partial charge in [0.25, 0.3) is 0 Å². The second-order valence-corrected chi connectivity index (χ2v) is 14.8. The third-order valence-electron chi connectivity index (χ3n) is 7.81. The van der Waals surface area contributed by atoms with Crippen molar-refractivity contribution in [3.05, 3.63) is 77.6 Å². The lowest BCUT2D eigenvalue weighted by Crippen LogP contribution is -2.45. The van der Waals surface area contributed by atoms with E-state index >= 15 is 0 Å². The predicted octanol–water partition coefficient (Wildman–Crippen LogP) is 9.20. The van der Waals surface area contributed by atoms with Crippen LogP contribution in [0.1, 0.15) is 73.8 Å². The molecule has 4 aromatic rings. The Bertz CT molecular complexity index is 1570. The Kier molecular flexibility index (Phi) is 11.4. The van der Waals surface area contributed by atoms with Gasteiger partial charge in [-0.25, -0.2) is 15.0 Å². The molecule has 0 saturated heterocycles. The van der Waals surface area contributed by atoms with E-state index in [0.29, 0.717) is 41.4 Å². The summed E-state index contributed by atoms with van der Waals surface area (Å²) in [4.78, 5) is 13.4. The molecule has 4 rings (SSSR count). The third kappa shape index (κ3) is 9.94. The van der Waals surface area contributed by atoms with Gasteiger partial charge in [0.1, 0.15) is 18.8 Å². The van der Waals surface area contributed by atoms with E-state index < -0.39 is 0 Å². The van der Waals surface area contributed by atoms with E-state index in [0.717, 1.165) is 41.5 Å². The van der Waals surface area contributed by atoms with Crippen molar-refractivity contribution in [3.8, 4) is 17.4 Å². The summed E-state index contributed by atoms with van der Waals surface area (Å²) in [5, 5.41) is 8.57. The van der Waals surface area contributed by atoms with Crippen LogP contribution in [-0.2, 0) is 6.61 Å². The molecule has 2 N–H and O–H groups in total. The number of rotatable bonds is 14. The number of hydrogen-bond acceptors (Lipinski definition) is 8. The minimum Gasteiger partial charge on any atom is -0.493 e. The van der Waals surface area contributed by atoms with E-state index in [1.54, 1.807) is 19.2 Å². The quantitative estimate of drug-likeness (QED) is 0.131. The monoisotopic (exact) mass is 646 g/mol. The van der Waals surface area contributed by atoms with Gasteiger partial charge in [-0.05, 0) is 79.8 Å². The highest BCUT2D eigenvalue weighted by Gasteiger charge is 2.38. The first-order chi connectivity index (χ1) is 21.6. The third-order valence-corrected chi connectivity index (χ3v) is 8.04. The molecule has 9 heteroatoms. The largest absolute Gasteiger partial charge is 0.493 e. The average Bonchev–Trinajstić information content (AvgIpc) is 2.98. The van der Waals surface area contributed by atoms with Gasteiger partial charge in [-0.15, -0.1) is 0 Å². The van der Waals surface area contributed by atoms with E-state index in [1.807, 2.05) is 48.5 Å². The second-order valence-electron chi connectivity index (χ2n) is 14.3. The van der Waals surface area contributed by atoms with E-state index in [2.05, 4.69) is 81.0 Å². The minimum absolute atomic E-state index is 0.0172. The van der Waals surface area contributed by atoms with Crippen LogP contribution in [0, 0.1) is 16.7 Å². The molecule has 46 heavy (non-hydrogen) atoms. The van der Waals surface area contributed by atoms with Crippen LogP contribution in [0.3, 0.4) is 0 Å². The summed E-state index contributed by atoms with van der Waals surface area (Å²) in [5.74, 6) is 3.99. The molecule has 0 atom stereocenters. The fraction of sp³-hybridized carbons (Fsp3) is 0.459. The van der Waals surface area contributed by atoms with Crippen molar-refractivity contribution >= 4 is 34.0 Å². The van der Waals surface area contributed by atoms with Crippen LogP contribution in [0.25, 0.3) is 10.9 Å². The summed E-state index contributed by atoms with van der Waals surface area (Å²) >= 11 is 6.07. The molecular formula is C37H49ClN5O3. The van der Waals surface area contributed by atoms with Gasteiger partial charge >= 0.3 is 0 Å². The number of pyridine rings is 1. The molecule has 0 aliphatic heterocycles. The number of nitrogens with one attached hydrogen (secondary N) is 2. The van der Waals surface area contributed by atoms with Crippen molar-refractivity contribution in [1.82, 2.24) is 20.3 Å². The van der Waals surface area contributed by atoms with Crippen molar-refractivity contribution in [2.24, 2.45) is 10.8 Å². The van der Waals surface area contributed by atoms with Crippen molar-refractivity contribution < 1.29 is 14.2 Å². The number of benzene rings is 2. The van der Waals surface area contributed by atoms with E-state index in [1.165, 1.54) is 6.33 Å². The van der Waals surface area contributed by atoms with E-state index in [9.17, 15) is 0 Å². The van der Waals surface area contributed by atoms with Gasteiger partial charge in [0.15, 0.2) is 11.5 Å². The van der Waals surface area contributed by atoms with E-state index in [4.69, 9.17) is 25.8 Å². The van der Waals surface area contributed by atoms with Crippen LogP contribution in [-0.4, -0.2) is 40.8 Å². The van der Waals surface area contributed by atoms with Crippen molar-refractivity contribution in [2.45, 2.75) is 80.4 Å². The Labute approximate surface area is 279 Å². The standard InChI is InChI=1S/C37H49ClN5O3/c1-35(2,3)32(36(4,5)6)21-37(7,8)42-16-11-17-45-31-20-29-28(19-30(31)44-9)34(41-24-40-29)43-27-14-15-33(39-22-27)46-23-25-12-10-13-26(38)18-25/h10,12-15,18-20,22,24,42H,11,16-17,21,23H2,1-9H3,(H,40,41,43). The lowest BCUT2D eigenvalue weighted by atomic mass is 9.62. The summed E-state index contributed by atoms with van der Waals surface area (Å²) in [6.07, 6.45) is 5.11. The Morgan fingerprint density at radius 3 is 2.26 bits per heavy atom. The number of anilines is 2. The molecule has 0 aliphatic carbocycles. The lowest BCUT2D eigenvalue weighted by Gasteiger charge is -2.44. The first-order valence-electron chi connectivity index (χ1n) is 15.8. The average molecular weight is 647 g/mol. The number of fused-ring (bicyclic) bond motifs is 1. The van der Waals surface area contributed by atoms with Crippen molar-refractivity contribution in [2.75, 3.05) is 25.6 Å². The van der Waals surface area contributed by atoms with Crippen LogP contribution < -0.4 is 24.8 Å². The van der Waals surface area contributed by atoms with Crippen LogP contribution in [0.2, 0.25) is 5.02 Å². The molecule has 0 spiro atoms. The fourth-order valence-corrected chi connectivity index (χ4v) is 5.95. The maximum Gasteiger partial charge on any atom is 0.213 e. The smallest absolute Gasteiger partial charge is 0.213 e. The van der Waals surface area contributed by atoms with Crippen LogP contribution >= 0.6 is 11.6 Å². The van der Waals surface area contributed by atoms with Crippen LogP contribution in [0.15, 0.2) is 61.1 Å². The van der Waals surface area contributed by atoms with Crippen molar-refractivity contribution in [3.63, 3.8) is 0 Å². The molecule has 1 radical (unpaired) electrons. The Morgan fingerprint density at radius 2 is 1.61 bits per heavy atom. The zero-order valence-electron chi connectivity index (χ0n) is 28.8. The maximum atomic E-state index is 6.19. The van der Waals surface area contributed by atoms with Gasteiger partial charge in [-0.2, -0.15) is 0 Å². The number of aromatic nitrogens is 3. The first-order valence-corrected chi connectivity index (χ1v) is 16.2. The fourth-order valence-electron chi connectivity index (χ4n) is 5.74. The molecule has 0 amide bonds. The van der Waals surface area contributed by atoms with Gasteiger partial charge in [0.05, 0.1) is 31.1 Å². The number of hydrogen-bond donors (Lipinski definition) is 2.